The molecule has 1 radical (unpaired) electrons. The number of hydrogen-bond donors (Lipinski definition) is 0. The quantitative estimate of drug-likeness (QED) is 0.763. The average Bonchev–Trinajstić information content (AvgIpc) is 2.31. The van der Waals surface area contributed by atoms with Gasteiger partial charge in [0.15, 0.2) is 0 Å². The summed E-state index contributed by atoms with van der Waals surface area (Å²) in [4.78, 5) is 0. The summed E-state index contributed by atoms with van der Waals surface area (Å²) in [5.41, 5.74) is 3.52. The normalized spacial score (nSPS) is 9.31. The van der Waals surface area contributed by atoms with Gasteiger partial charge >= 0.3 is 0 Å². The minimum Gasteiger partial charge on any atom is -0.687 e. The molecule has 2 heteroatoms. The van der Waals surface area contributed by atoms with Crippen molar-refractivity contribution in [3.63, 3.8) is 0 Å². The minimum atomic E-state index is 0. The van der Waals surface area contributed by atoms with Gasteiger partial charge in [-0.1, -0.05) is 29.8 Å². The second kappa shape index (κ2) is 6.83. The van der Waals surface area contributed by atoms with Gasteiger partial charge in [-0.3, -0.25) is 0 Å². The maximum absolute atomic E-state index is 4.25. The molecule has 0 aliphatic heterocycles. The molecule has 0 aliphatic rings. The average molecular weight is 284 g/mol. The molecule has 2 aromatic rings. The third-order valence-corrected chi connectivity index (χ3v) is 2.39. The topological polar surface area (TPSA) is 14.1 Å². The SMILES string of the molecule is C[N-]c1ccccc1Cc1[c-]cccc1.[Y]. The molecule has 0 aromatic heterocycles. The Balaban J connectivity index is 0.00000128. The fourth-order valence-corrected chi connectivity index (χ4v) is 1.62. The van der Waals surface area contributed by atoms with Crippen molar-refractivity contribution in [1.29, 1.82) is 0 Å². The summed E-state index contributed by atoms with van der Waals surface area (Å²) in [5, 5.41) is 4.25. The first-order chi connectivity index (χ1) is 7.40. The van der Waals surface area contributed by atoms with Crippen LogP contribution in [0.3, 0.4) is 0 Å². The predicted octanol–water partition coefficient (Wildman–Crippen LogP) is 3.71. The van der Waals surface area contributed by atoms with Crippen molar-refractivity contribution in [2.24, 2.45) is 0 Å². The second-order valence-electron chi connectivity index (χ2n) is 3.42. The number of para-hydroxylation sites is 1. The molecule has 2 rings (SSSR count). The molecular weight excluding hydrogens is 271 g/mol. The first kappa shape index (κ1) is 13.4. The molecule has 0 spiro atoms. The summed E-state index contributed by atoms with van der Waals surface area (Å²) in [7, 11) is 1.83. The third kappa shape index (κ3) is 3.43. The van der Waals surface area contributed by atoms with Gasteiger partial charge in [-0.05, 0) is 6.42 Å². The molecule has 2 aromatic carbocycles. The zero-order chi connectivity index (χ0) is 10.5. The Kier molecular flexibility index (Phi) is 5.72. The Hall–Kier alpha value is -0.656. The van der Waals surface area contributed by atoms with E-state index < -0.39 is 0 Å². The molecule has 0 amide bonds. The minimum absolute atomic E-state index is 0. The molecule has 0 heterocycles. The molecular formula is C14H13NY-2. The van der Waals surface area contributed by atoms with Gasteiger partial charge in [0.05, 0.1) is 0 Å². The Morgan fingerprint density at radius 3 is 2.50 bits per heavy atom. The van der Waals surface area contributed by atoms with E-state index in [0.717, 1.165) is 12.1 Å². The molecule has 0 aliphatic carbocycles. The van der Waals surface area contributed by atoms with Gasteiger partial charge in [0.2, 0.25) is 0 Å². The molecule has 0 bridgehead atoms. The first-order valence-electron chi connectivity index (χ1n) is 5.03. The maximum Gasteiger partial charge on any atom is 0 e. The van der Waals surface area contributed by atoms with E-state index in [2.05, 4.69) is 23.5 Å². The van der Waals surface area contributed by atoms with Gasteiger partial charge in [0, 0.05) is 32.7 Å². The fourth-order valence-electron chi connectivity index (χ4n) is 1.62. The summed E-state index contributed by atoms with van der Waals surface area (Å²) in [6.07, 6.45) is 0.897. The standard InChI is InChI=1S/C14H13N.Y/c1-15-14-10-6-5-9-13(14)11-12-7-3-2-4-8-12;/h2-7,9-10H,11H2,1H3;/q-2;. The van der Waals surface area contributed by atoms with E-state index in [1.807, 2.05) is 43.4 Å². The molecule has 0 atom stereocenters. The largest absolute Gasteiger partial charge is 0.687 e. The monoisotopic (exact) mass is 284 g/mol. The zero-order valence-electron chi connectivity index (χ0n) is 9.35. The van der Waals surface area contributed by atoms with Gasteiger partial charge in [-0.15, -0.1) is 12.7 Å². The summed E-state index contributed by atoms with van der Waals surface area (Å²) in [6, 6.07) is 19.5. The maximum atomic E-state index is 4.25. The molecule has 0 N–H and O–H groups in total. The van der Waals surface area contributed by atoms with Crippen molar-refractivity contribution in [2.75, 3.05) is 7.05 Å². The van der Waals surface area contributed by atoms with Crippen LogP contribution in [0.1, 0.15) is 11.1 Å². The van der Waals surface area contributed by atoms with Gasteiger partial charge in [-0.2, -0.15) is 35.9 Å². The molecule has 0 saturated heterocycles. The van der Waals surface area contributed by atoms with Crippen LogP contribution >= 0.6 is 0 Å². The van der Waals surface area contributed by atoms with Crippen molar-refractivity contribution < 1.29 is 32.7 Å². The Bertz CT molecular complexity index is 426. The molecule has 79 valence electrons. The molecule has 16 heavy (non-hydrogen) atoms. The van der Waals surface area contributed by atoms with E-state index in [0.29, 0.717) is 0 Å². The van der Waals surface area contributed by atoms with E-state index in [1.165, 1.54) is 11.1 Å². The van der Waals surface area contributed by atoms with Crippen molar-refractivity contribution in [1.82, 2.24) is 0 Å². The van der Waals surface area contributed by atoms with Gasteiger partial charge in [-0.25, -0.2) is 0 Å². The molecule has 1 nitrogen and oxygen atoms in total. The smallest absolute Gasteiger partial charge is 0 e. The van der Waals surface area contributed by atoms with Crippen molar-refractivity contribution in [3.8, 4) is 0 Å². The molecule has 0 fully saturated rings. The van der Waals surface area contributed by atoms with E-state index in [1.54, 1.807) is 0 Å². The Labute approximate surface area is 122 Å². The van der Waals surface area contributed by atoms with E-state index in [4.69, 9.17) is 0 Å². The van der Waals surface area contributed by atoms with Crippen molar-refractivity contribution in [3.05, 3.63) is 71.0 Å². The van der Waals surface area contributed by atoms with Crippen LogP contribution in [0.5, 0.6) is 0 Å². The zero-order valence-corrected chi connectivity index (χ0v) is 12.2. The van der Waals surface area contributed by atoms with Crippen LogP contribution in [-0.4, -0.2) is 7.05 Å². The van der Waals surface area contributed by atoms with Crippen LogP contribution < -0.4 is 0 Å². The van der Waals surface area contributed by atoms with Gasteiger partial charge in [0.1, 0.15) is 0 Å². The van der Waals surface area contributed by atoms with Gasteiger partial charge < -0.3 is 5.32 Å². The number of benzene rings is 2. The summed E-state index contributed by atoms with van der Waals surface area (Å²) >= 11 is 0. The fraction of sp³-hybridized carbons (Fsp3) is 0.143. The summed E-state index contributed by atoms with van der Waals surface area (Å²) in [5.74, 6) is 0. The summed E-state index contributed by atoms with van der Waals surface area (Å²) < 4.78 is 0. The third-order valence-electron chi connectivity index (χ3n) is 2.39. The molecule has 0 unspecified atom stereocenters. The first-order valence-corrected chi connectivity index (χ1v) is 5.03. The van der Waals surface area contributed by atoms with Crippen LogP contribution in [0, 0.1) is 6.07 Å². The van der Waals surface area contributed by atoms with Crippen LogP contribution in [-0.2, 0) is 39.1 Å². The van der Waals surface area contributed by atoms with Gasteiger partial charge in [0.25, 0.3) is 0 Å². The van der Waals surface area contributed by atoms with Crippen LogP contribution in [0.15, 0.2) is 48.5 Å². The van der Waals surface area contributed by atoms with Crippen molar-refractivity contribution in [2.45, 2.75) is 6.42 Å². The number of rotatable bonds is 3. The Morgan fingerprint density at radius 2 is 1.81 bits per heavy atom. The van der Waals surface area contributed by atoms with Crippen molar-refractivity contribution >= 4 is 5.69 Å². The van der Waals surface area contributed by atoms with E-state index in [-0.39, 0.29) is 32.7 Å². The van der Waals surface area contributed by atoms with Crippen LogP contribution in [0.4, 0.5) is 5.69 Å². The van der Waals surface area contributed by atoms with Crippen LogP contribution in [0.2, 0.25) is 0 Å². The second-order valence-corrected chi connectivity index (χ2v) is 3.42. The Morgan fingerprint density at radius 1 is 1.06 bits per heavy atom. The predicted molar refractivity (Wildman–Crippen MR) is 63.5 cm³/mol. The van der Waals surface area contributed by atoms with Crippen LogP contribution in [0.25, 0.3) is 5.32 Å². The number of hydrogen-bond acceptors (Lipinski definition) is 0. The number of nitrogens with zero attached hydrogens (tertiary/aromatic N) is 1. The summed E-state index contributed by atoms with van der Waals surface area (Å²) in [6.45, 7) is 0. The molecule has 0 saturated carbocycles. The van der Waals surface area contributed by atoms with E-state index in [9.17, 15) is 0 Å². The van der Waals surface area contributed by atoms with E-state index >= 15 is 0 Å².